The van der Waals surface area contributed by atoms with Crippen LogP contribution in [0.5, 0.6) is 5.75 Å². The molecule has 0 radical (unpaired) electrons. The van der Waals surface area contributed by atoms with Crippen molar-refractivity contribution in [3.05, 3.63) is 53.6 Å². The zero-order valence-electron chi connectivity index (χ0n) is 11.0. The molecule has 3 nitrogen and oxygen atoms in total. The molecule has 0 aliphatic rings. The Morgan fingerprint density at radius 2 is 1.81 bits per heavy atom. The summed E-state index contributed by atoms with van der Waals surface area (Å²) >= 11 is 0. The molecule has 0 aromatic heterocycles. The predicted molar refractivity (Wildman–Crippen MR) is 72.4 cm³/mol. The lowest BCUT2D eigenvalue weighted by molar-refractivity contribution is -0.137. The Morgan fingerprint density at radius 1 is 1.10 bits per heavy atom. The number of anilines is 2. The van der Waals surface area contributed by atoms with Crippen molar-refractivity contribution in [3.8, 4) is 11.8 Å². The van der Waals surface area contributed by atoms with Crippen molar-refractivity contribution in [2.45, 2.75) is 6.18 Å². The summed E-state index contributed by atoms with van der Waals surface area (Å²) in [5.41, 5.74) is -0.0911. The van der Waals surface area contributed by atoms with Crippen LogP contribution in [0, 0.1) is 11.3 Å². The van der Waals surface area contributed by atoms with Crippen LogP contribution < -0.4 is 10.1 Å². The smallest absolute Gasteiger partial charge is 0.416 e. The molecule has 108 valence electrons. The molecule has 0 saturated carbocycles. The molecule has 0 atom stereocenters. The second-order valence-electron chi connectivity index (χ2n) is 4.20. The molecule has 21 heavy (non-hydrogen) atoms. The Kier molecular flexibility index (Phi) is 4.03. The van der Waals surface area contributed by atoms with E-state index in [4.69, 9.17) is 10.00 Å². The summed E-state index contributed by atoms with van der Waals surface area (Å²) in [7, 11) is 1.48. The van der Waals surface area contributed by atoms with Crippen molar-refractivity contribution in [2.75, 3.05) is 12.4 Å². The van der Waals surface area contributed by atoms with Crippen LogP contribution in [0.3, 0.4) is 0 Å². The van der Waals surface area contributed by atoms with Gasteiger partial charge in [-0.15, -0.1) is 0 Å². The first kappa shape index (κ1) is 14.7. The van der Waals surface area contributed by atoms with E-state index in [-0.39, 0.29) is 11.3 Å². The average molecular weight is 292 g/mol. The van der Waals surface area contributed by atoms with Gasteiger partial charge in [0.1, 0.15) is 11.8 Å². The van der Waals surface area contributed by atoms with Gasteiger partial charge in [0.2, 0.25) is 0 Å². The van der Waals surface area contributed by atoms with Crippen molar-refractivity contribution in [1.82, 2.24) is 0 Å². The first-order valence-corrected chi connectivity index (χ1v) is 5.97. The fourth-order valence-electron chi connectivity index (χ4n) is 1.82. The minimum atomic E-state index is -4.48. The Hall–Kier alpha value is -2.68. The number of alkyl halides is 3. The van der Waals surface area contributed by atoms with Crippen molar-refractivity contribution in [1.29, 1.82) is 5.26 Å². The summed E-state index contributed by atoms with van der Waals surface area (Å²) in [4.78, 5) is 0. The van der Waals surface area contributed by atoms with E-state index < -0.39 is 11.7 Å². The molecule has 0 spiro atoms. The van der Waals surface area contributed by atoms with Gasteiger partial charge in [-0.25, -0.2) is 0 Å². The number of para-hydroxylation sites is 2. The van der Waals surface area contributed by atoms with Crippen molar-refractivity contribution >= 4 is 11.4 Å². The quantitative estimate of drug-likeness (QED) is 0.915. The van der Waals surface area contributed by atoms with Crippen LogP contribution in [0.1, 0.15) is 11.1 Å². The zero-order chi connectivity index (χ0) is 15.5. The Labute approximate surface area is 119 Å². The van der Waals surface area contributed by atoms with Gasteiger partial charge in [0, 0.05) is 0 Å². The number of nitrogens with one attached hydrogen (secondary N) is 1. The fourth-order valence-corrected chi connectivity index (χ4v) is 1.82. The highest BCUT2D eigenvalue weighted by molar-refractivity contribution is 5.71. The maximum Gasteiger partial charge on any atom is 0.416 e. The van der Waals surface area contributed by atoms with Gasteiger partial charge in [-0.05, 0) is 30.3 Å². The summed E-state index contributed by atoms with van der Waals surface area (Å²) < 4.78 is 43.0. The fraction of sp³-hybridized carbons (Fsp3) is 0.133. The number of hydrogen-bond acceptors (Lipinski definition) is 3. The lowest BCUT2D eigenvalue weighted by atomic mass is 10.1. The molecule has 0 fully saturated rings. The second-order valence-corrected chi connectivity index (χ2v) is 4.20. The summed E-state index contributed by atoms with van der Waals surface area (Å²) in [6.07, 6.45) is -4.48. The van der Waals surface area contributed by atoms with Crippen LogP contribution in [-0.4, -0.2) is 7.11 Å². The molecule has 0 heterocycles. The molecular formula is C15H11F3N2O. The minimum Gasteiger partial charge on any atom is -0.495 e. The molecule has 0 unspecified atom stereocenters. The van der Waals surface area contributed by atoms with Gasteiger partial charge >= 0.3 is 6.18 Å². The molecule has 0 amide bonds. The monoisotopic (exact) mass is 292 g/mol. The van der Waals surface area contributed by atoms with Crippen molar-refractivity contribution in [2.24, 2.45) is 0 Å². The predicted octanol–water partition coefficient (Wildman–Crippen LogP) is 4.33. The van der Waals surface area contributed by atoms with Crippen LogP contribution in [0.25, 0.3) is 0 Å². The third kappa shape index (κ3) is 3.26. The van der Waals surface area contributed by atoms with Crippen LogP contribution in [-0.2, 0) is 6.18 Å². The number of benzene rings is 2. The third-order valence-corrected chi connectivity index (χ3v) is 2.84. The lowest BCUT2D eigenvalue weighted by Crippen LogP contribution is -2.06. The molecule has 2 rings (SSSR count). The molecule has 0 bridgehead atoms. The summed E-state index contributed by atoms with van der Waals surface area (Å²) in [6.45, 7) is 0. The highest BCUT2D eigenvalue weighted by atomic mass is 19.4. The molecule has 2 aromatic rings. The van der Waals surface area contributed by atoms with E-state index in [1.165, 1.54) is 13.2 Å². The number of nitrogens with zero attached hydrogens (tertiary/aromatic N) is 1. The standard InChI is InChI=1S/C15H11F3N2O/c1-21-14-5-3-2-4-13(14)20-12-7-6-11(15(16,17)18)8-10(12)9-19/h2-8,20H,1H3. The van der Waals surface area contributed by atoms with E-state index in [0.717, 1.165) is 12.1 Å². The molecule has 0 saturated heterocycles. The van der Waals surface area contributed by atoms with Crippen LogP contribution in [0.15, 0.2) is 42.5 Å². The minimum absolute atomic E-state index is 0.0873. The van der Waals surface area contributed by atoms with Gasteiger partial charge in [0.05, 0.1) is 29.6 Å². The number of nitriles is 1. The number of rotatable bonds is 3. The molecular weight excluding hydrogens is 281 g/mol. The molecule has 2 aromatic carbocycles. The average Bonchev–Trinajstić information content (AvgIpc) is 2.47. The summed E-state index contributed by atoms with van der Waals surface area (Å²) in [6, 6.07) is 11.7. The third-order valence-electron chi connectivity index (χ3n) is 2.84. The summed E-state index contributed by atoms with van der Waals surface area (Å²) in [5, 5.41) is 11.9. The lowest BCUT2D eigenvalue weighted by Gasteiger charge is -2.13. The van der Waals surface area contributed by atoms with Crippen LogP contribution in [0.4, 0.5) is 24.5 Å². The van der Waals surface area contributed by atoms with Gasteiger partial charge < -0.3 is 10.1 Å². The maximum atomic E-state index is 12.6. The highest BCUT2D eigenvalue weighted by Gasteiger charge is 2.31. The molecule has 0 aliphatic carbocycles. The van der Waals surface area contributed by atoms with Crippen LogP contribution in [0.2, 0.25) is 0 Å². The number of halogens is 3. The largest absolute Gasteiger partial charge is 0.495 e. The van der Waals surface area contributed by atoms with Gasteiger partial charge in [-0.1, -0.05) is 12.1 Å². The van der Waals surface area contributed by atoms with Crippen LogP contribution >= 0.6 is 0 Å². The van der Waals surface area contributed by atoms with Gasteiger partial charge in [-0.2, -0.15) is 18.4 Å². The van der Waals surface area contributed by atoms with Gasteiger partial charge in [0.15, 0.2) is 0 Å². The Bertz CT molecular complexity index is 690. The van der Waals surface area contributed by atoms with E-state index in [1.54, 1.807) is 30.3 Å². The topological polar surface area (TPSA) is 45.0 Å². The first-order valence-electron chi connectivity index (χ1n) is 5.97. The van der Waals surface area contributed by atoms with Gasteiger partial charge in [0.25, 0.3) is 0 Å². The highest BCUT2D eigenvalue weighted by Crippen LogP contribution is 2.33. The zero-order valence-corrected chi connectivity index (χ0v) is 11.0. The van der Waals surface area contributed by atoms with E-state index in [1.807, 2.05) is 0 Å². The van der Waals surface area contributed by atoms with E-state index in [0.29, 0.717) is 11.4 Å². The molecule has 1 N–H and O–H groups in total. The number of methoxy groups -OCH3 is 1. The molecule has 6 heteroatoms. The summed E-state index contributed by atoms with van der Waals surface area (Å²) in [5.74, 6) is 0.529. The SMILES string of the molecule is COc1ccccc1Nc1ccc(C(F)(F)F)cc1C#N. The first-order chi connectivity index (χ1) is 9.95. The van der Waals surface area contributed by atoms with E-state index in [2.05, 4.69) is 5.32 Å². The van der Waals surface area contributed by atoms with E-state index in [9.17, 15) is 13.2 Å². The Morgan fingerprint density at radius 3 is 2.43 bits per heavy atom. The molecule has 0 aliphatic heterocycles. The Balaban J connectivity index is 2.39. The van der Waals surface area contributed by atoms with Crippen molar-refractivity contribution < 1.29 is 17.9 Å². The second kappa shape index (κ2) is 5.75. The maximum absolute atomic E-state index is 12.6. The normalized spacial score (nSPS) is 10.8. The van der Waals surface area contributed by atoms with E-state index >= 15 is 0 Å². The number of hydrogen-bond donors (Lipinski definition) is 1. The number of ether oxygens (including phenoxy) is 1. The van der Waals surface area contributed by atoms with Crippen molar-refractivity contribution in [3.63, 3.8) is 0 Å². The van der Waals surface area contributed by atoms with Gasteiger partial charge in [-0.3, -0.25) is 0 Å².